The first-order valence-electron chi connectivity index (χ1n) is 6.78. The molecular formula is C15H14N6O2. The van der Waals surface area contributed by atoms with Crippen LogP contribution in [0.4, 0.5) is 11.6 Å². The van der Waals surface area contributed by atoms with Crippen molar-refractivity contribution in [2.24, 2.45) is 5.10 Å². The van der Waals surface area contributed by atoms with Gasteiger partial charge in [-0.1, -0.05) is 34.2 Å². The summed E-state index contributed by atoms with van der Waals surface area (Å²) in [5.41, 5.74) is 1.33. The van der Waals surface area contributed by atoms with Crippen LogP contribution in [-0.4, -0.2) is 38.7 Å². The number of aromatic nitrogens is 4. The fourth-order valence-electron chi connectivity index (χ4n) is 1.91. The van der Waals surface area contributed by atoms with Crippen LogP contribution in [-0.2, 0) is 0 Å². The Morgan fingerprint density at radius 1 is 1.17 bits per heavy atom. The number of methoxy groups -OCH3 is 1. The Morgan fingerprint density at radius 2 is 2.00 bits per heavy atom. The van der Waals surface area contributed by atoms with E-state index >= 15 is 0 Å². The molecule has 1 aromatic heterocycles. The van der Waals surface area contributed by atoms with E-state index in [2.05, 4.69) is 25.9 Å². The second-order valence-corrected chi connectivity index (χ2v) is 4.53. The molecule has 3 rings (SSSR count). The summed E-state index contributed by atoms with van der Waals surface area (Å²) < 4.78 is 5.05. The third-order valence-electron chi connectivity index (χ3n) is 3.04. The fraction of sp³-hybridized carbons (Fsp3) is 0.0667. The average Bonchev–Trinajstić information content (AvgIpc) is 3.02. The molecule has 0 unspecified atom stereocenters. The molecule has 116 valence electrons. The minimum Gasteiger partial charge on any atom is -0.504 e. The number of phenols is 1. The predicted octanol–water partition coefficient (Wildman–Crippen LogP) is 2.01. The van der Waals surface area contributed by atoms with Gasteiger partial charge in [0.15, 0.2) is 11.5 Å². The normalized spacial score (nSPS) is 10.8. The van der Waals surface area contributed by atoms with Gasteiger partial charge < -0.3 is 15.2 Å². The molecular weight excluding hydrogens is 296 g/mol. The molecule has 0 aliphatic heterocycles. The number of benzene rings is 2. The quantitative estimate of drug-likeness (QED) is 0.700. The number of hydrogen-bond acceptors (Lipinski definition) is 7. The van der Waals surface area contributed by atoms with Crippen LogP contribution in [0.5, 0.6) is 11.5 Å². The molecule has 2 aromatic carbocycles. The number of phenolic OH excluding ortho intramolecular Hbond substituents is 1. The van der Waals surface area contributed by atoms with E-state index in [1.165, 1.54) is 18.1 Å². The zero-order chi connectivity index (χ0) is 16.1. The van der Waals surface area contributed by atoms with Crippen molar-refractivity contribution >= 4 is 17.9 Å². The van der Waals surface area contributed by atoms with E-state index < -0.39 is 0 Å². The molecule has 0 aliphatic carbocycles. The molecule has 0 radical (unpaired) electrons. The van der Waals surface area contributed by atoms with E-state index in [1.54, 1.807) is 18.2 Å². The smallest absolute Gasteiger partial charge is 0.269 e. The van der Waals surface area contributed by atoms with E-state index in [-0.39, 0.29) is 5.75 Å². The Kier molecular flexibility index (Phi) is 4.14. The highest BCUT2D eigenvalue weighted by molar-refractivity contribution is 5.84. The lowest BCUT2D eigenvalue weighted by Gasteiger charge is -2.05. The second-order valence-electron chi connectivity index (χ2n) is 4.53. The van der Waals surface area contributed by atoms with E-state index in [4.69, 9.17) is 4.74 Å². The molecule has 0 fully saturated rings. The Bertz CT molecular complexity index is 816. The van der Waals surface area contributed by atoms with E-state index in [0.717, 1.165) is 5.69 Å². The van der Waals surface area contributed by atoms with Crippen LogP contribution in [0.3, 0.4) is 0 Å². The Hall–Kier alpha value is -3.42. The maximum Gasteiger partial charge on any atom is 0.269 e. The molecule has 0 spiro atoms. The lowest BCUT2D eigenvalue weighted by molar-refractivity contribution is 0.373. The first kappa shape index (κ1) is 14.5. The van der Waals surface area contributed by atoms with E-state index in [1.807, 2.05) is 30.3 Å². The Balaban J connectivity index is 1.83. The minimum atomic E-state index is 0.00407. The summed E-state index contributed by atoms with van der Waals surface area (Å²) in [5, 5.41) is 28.5. The number of nitrogens with one attached hydrogen (secondary N) is 1. The molecule has 0 bridgehead atoms. The second kappa shape index (κ2) is 6.56. The van der Waals surface area contributed by atoms with Crippen molar-refractivity contribution in [1.82, 2.24) is 20.3 Å². The monoisotopic (exact) mass is 310 g/mol. The standard InChI is InChI=1S/C15H14N6O2/c1-23-13-9-5-6-11(14(13)22)10-16-21-15(18-19-20-21)17-12-7-3-2-4-8-12/h2-10,22H,1H3,(H,17,18,20). The van der Waals surface area contributed by atoms with Gasteiger partial charge in [-0.25, -0.2) is 0 Å². The molecule has 0 aliphatic rings. The summed E-state index contributed by atoms with van der Waals surface area (Å²) in [6.45, 7) is 0. The molecule has 0 amide bonds. The molecule has 8 heteroatoms. The number of para-hydroxylation sites is 2. The van der Waals surface area contributed by atoms with Crippen molar-refractivity contribution < 1.29 is 9.84 Å². The summed E-state index contributed by atoms with van der Waals surface area (Å²) in [5.74, 6) is 0.729. The molecule has 1 heterocycles. The van der Waals surface area contributed by atoms with Gasteiger partial charge in [0.25, 0.3) is 5.95 Å². The van der Waals surface area contributed by atoms with Gasteiger partial charge >= 0.3 is 0 Å². The van der Waals surface area contributed by atoms with E-state index in [9.17, 15) is 5.11 Å². The fourth-order valence-corrected chi connectivity index (χ4v) is 1.91. The highest BCUT2D eigenvalue weighted by Gasteiger charge is 2.07. The topological polar surface area (TPSA) is 97.5 Å². The van der Waals surface area contributed by atoms with Crippen molar-refractivity contribution in [3.05, 3.63) is 54.1 Å². The van der Waals surface area contributed by atoms with Gasteiger partial charge in [-0.15, -0.1) is 0 Å². The number of hydrogen-bond donors (Lipinski definition) is 2. The largest absolute Gasteiger partial charge is 0.504 e. The van der Waals surface area contributed by atoms with Gasteiger partial charge in [-0.05, 0) is 34.7 Å². The van der Waals surface area contributed by atoms with Crippen molar-refractivity contribution in [3.8, 4) is 11.5 Å². The molecule has 2 N–H and O–H groups in total. The van der Waals surface area contributed by atoms with Gasteiger partial charge in [-0.2, -0.15) is 5.10 Å². The van der Waals surface area contributed by atoms with Crippen LogP contribution in [0.25, 0.3) is 0 Å². The number of tetrazole rings is 1. The summed E-state index contributed by atoms with van der Waals surface area (Å²) >= 11 is 0. The molecule has 3 aromatic rings. The van der Waals surface area contributed by atoms with E-state index in [0.29, 0.717) is 17.3 Å². The third kappa shape index (κ3) is 3.26. The number of ether oxygens (including phenoxy) is 1. The zero-order valence-corrected chi connectivity index (χ0v) is 12.3. The summed E-state index contributed by atoms with van der Waals surface area (Å²) in [7, 11) is 1.49. The van der Waals surface area contributed by atoms with Gasteiger partial charge in [0.1, 0.15) is 0 Å². The maximum atomic E-state index is 10.0. The lowest BCUT2D eigenvalue weighted by Crippen LogP contribution is -2.01. The summed E-state index contributed by atoms with van der Waals surface area (Å²) in [6.07, 6.45) is 1.45. The Morgan fingerprint density at radius 3 is 2.78 bits per heavy atom. The van der Waals surface area contributed by atoms with Gasteiger partial charge in [0, 0.05) is 11.3 Å². The van der Waals surface area contributed by atoms with Crippen molar-refractivity contribution in [1.29, 1.82) is 0 Å². The minimum absolute atomic E-state index is 0.00407. The van der Waals surface area contributed by atoms with Crippen LogP contribution in [0, 0.1) is 0 Å². The van der Waals surface area contributed by atoms with Crippen LogP contribution in [0.15, 0.2) is 53.6 Å². The number of anilines is 2. The maximum absolute atomic E-state index is 10.0. The molecule has 0 saturated heterocycles. The van der Waals surface area contributed by atoms with Crippen molar-refractivity contribution in [2.75, 3.05) is 12.4 Å². The molecule has 0 saturated carbocycles. The van der Waals surface area contributed by atoms with Crippen LogP contribution in [0.2, 0.25) is 0 Å². The SMILES string of the molecule is COc1cccc(C=Nn2nnnc2Nc2ccccc2)c1O. The van der Waals surface area contributed by atoms with Gasteiger partial charge in [0.05, 0.1) is 13.3 Å². The van der Waals surface area contributed by atoms with Crippen LogP contribution in [0.1, 0.15) is 5.56 Å². The van der Waals surface area contributed by atoms with Crippen molar-refractivity contribution in [2.45, 2.75) is 0 Å². The van der Waals surface area contributed by atoms with Gasteiger partial charge in [-0.3, -0.25) is 0 Å². The third-order valence-corrected chi connectivity index (χ3v) is 3.04. The molecule has 8 nitrogen and oxygen atoms in total. The number of rotatable bonds is 5. The molecule has 0 atom stereocenters. The summed E-state index contributed by atoms with van der Waals surface area (Å²) in [6, 6.07) is 14.6. The Labute approximate surface area is 132 Å². The first-order chi connectivity index (χ1) is 11.3. The zero-order valence-electron chi connectivity index (χ0n) is 12.3. The lowest BCUT2D eigenvalue weighted by atomic mass is 10.2. The summed E-state index contributed by atoms with van der Waals surface area (Å²) in [4.78, 5) is 1.23. The number of nitrogens with zero attached hydrogens (tertiary/aromatic N) is 5. The number of aromatic hydroxyl groups is 1. The van der Waals surface area contributed by atoms with Gasteiger partial charge in [0.2, 0.25) is 0 Å². The first-order valence-corrected chi connectivity index (χ1v) is 6.78. The molecule has 23 heavy (non-hydrogen) atoms. The van der Waals surface area contributed by atoms with Crippen molar-refractivity contribution in [3.63, 3.8) is 0 Å². The highest BCUT2D eigenvalue weighted by atomic mass is 16.5. The highest BCUT2D eigenvalue weighted by Crippen LogP contribution is 2.28. The average molecular weight is 310 g/mol. The van der Waals surface area contributed by atoms with Crippen LogP contribution < -0.4 is 10.1 Å². The van der Waals surface area contributed by atoms with Crippen LogP contribution >= 0.6 is 0 Å². The predicted molar refractivity (Wildman–Crippen MR) is 85.2 cm³/mol.